The molecule has 0 radical (unpaired) electrons. The number of unbranched alkanes of at least 4 members (excludes halogenated alkanes) is 23. The summed E-state index contributed by atoms with van der Waals surface area (Å²) in [6.07, 6.45) is 35.2. The molecule has 1 atom stereocenters. The molecule has 0 aliphatic carbocycles. The number of nitrogens with one attached hydrogen (secondary N) is 2. The third-order valence-electron chi connectivity index (χ3n) is 9.63. The summed E-state index contributed by atoms with van der Waals surface area (Å²) >= 11 is 0. The Balaban J connectivity index is 3.82. The third kappa shape index (κ3) is 30.0. The minimum absolute atomic E-state index is 0.0170. The van der Waals surface area contributed by atoms with Crippen LogP contribution in [0.1, 0.15) is 201 Å². The van der Waals surface area contributed by atoms with Gasteiger partial charge in [-0.15, -0.1) is 0 Å². The van der Waals surface area contributed by atoms with Crippen molar-refractivity contribution in [1.29, 1.82) is 0 Å². The molecule has 0 bridgehead atoms. The molecule has 0 spiro atoms. The number of amides is 2. The van der Waals surface area contributed by atoms with Crippen LogP contribution >= 0.6 is 0 Å². The SMILES string of the molecule is CCCCCCCCCCCCCCCCCC[N+](C)(C)CCCNC(=O)[C@@H](NC(=O)CCCCCCCCCCC)C(C)C. The summed E-state index contributed by atoms with van der Waals surface area (Å²) in [5.41, 5.74) is 0. The Morgan fingerprint density at radius 3 is 1.27 bits per heavy atom. The molecule has 0 unspecified atom stereocenters. The summed E-state index contributed by atoms with van der Waals surface area (Å²) in [5.74, 6) is 0.0659. The summed E-state index contributed by atoms with van der Waals surface area (Å²) in [4.78, 5) is 25.4. The highest BCUT2D eigenvalue weighted by atomic mass is 16.2. The predicted octanol–water partition coefficient (Wildman–Crippen LogP) is 10.9. The van der Waals surface area contributed by atoms with E-state index in [1.807, 2.05) is 13.8 Å². The van der Waals surface area contributed by atoms with Crippen LogP contribution in [-0.4, -0.2) is 56.1 Å². The lowest BCUT2D eigenvalue weighted by atomic mass is 10.0. The van der Waals surface area contributed by atoms with E-state index in [-0.39, 0.29) is 17.7 Å². The van der Waals surface area contributed by atoms with Gasteiger partial charge in [0.15, 0.2) is 0 Å². The van der Waals surface area contributed by atoms with Crippen molar-refractivity contribution in [2.75, 3.05) is 33.7 Å². The number of hydrogen-bond donors (Lipinski definition) is 2. The largest absolute Gasteiger partial charge is 0.354 e. The molecule has 0 aromatic rings. The normalized spacial score (nSPS) is 12.5. The van der Waals surface area contributed by atoms with Crippen molar-refractivity contribution < 1.29 is 14.1 Å². The maximum atomic E-state index is 12.9. The Kier molecular flexibility index (Phi) is 30.7. The molecule has 0 saturated carbocycles. The van der Waals surface area contributed by atoms with Crippen molar-refractivity contribution in [2.45, 2.75) is 207 Å². The van der Waals surface area contributed by atoms with Crippen molar-refractivity contribution in [3.63, 3.8) is 0 Å². The molecule has 268 valence electrons. The van der Waals surface area contributed by atoms with E-state index < -0.39 is 6.04 Å². The average molecular weight is 637 g/mol. The van der Waals surface area contributed by atoms with E-state index in [2.05, 4.69) is 38.6 Å². The molecule has 2 amide bonds. The number of rotatable bonds is 34. The van der Waals surface area contributed by atoms with E-state index in [0.29, 0.717) is 13.0 Å². The molecule has 0 aliphatic rings. The van der Waals surface area contributed by atoms with Gasteiger partial charge in [0.1, 0.15) is 6.04 Å². The summed E-state index contributed by atoms with van der Waals surface area (Å²) in [5, 5.41) is 6.12. The van der Waals surface area contributed by atoms with E-state index in [1.54, 1.807) is 0 Å². The van der Waals surface area contributed by atoms with Crippen molar-refractivity contribution in [3.05, 3.63) is 0 Å². The molecular weight excluding hydrogens is 554 g/mol. The fourth-order valence-electron chi connectivity index (χ4n) is 6.41. The first kappa shape index (κ1) is 43.9. The fraction of sp³-hybridized carbons (Fsp3) is 0.950. The second kappa shape index (κ2) is 31.5. The highest BCUT2D eigenvalue weighted by Crippen LogP contribution is 2.15. The summed E-state index contributed by atoms with van der Waals surface area (Å²) in [6, 6.07) is -0.441. The Morgan fingerprint density at radius 2 is 0.867 bits per heavy atom. The molecule has 5 heteroatoms. The van der Waals surface area contributed by atoms with Gasteiger partial charge in [0.2, 0.25) is 11.8 Å². The second-order valence-corrected chi connectivity index (χ2v) is 15.2. The summed E-state index contributed by atoms with van der Waals surface area (Å²) in [6.45, 7) is 11.5. The van der Waals surface area contributed by atoms with Gasteiger partial charge < -0.3 is 15.1 Å². The quantitative estimate of drug-likeness (QED) is 0.0545. The van der Waals surface area contributed by atoms with Gasteiger partial charge >= 0.3 is 0 Å². The molecule has 0 aromatic carbocycles. The van der Waals surface area contributed by atoms with Crippen LogP contribution < -0.4 is 10.6 Å². The standard InChI is InChI=1S/C40H81N3O2/c1-7-9-11-13-15-17-18-19-20-21-22-23-25-27-29-31-35-43(5,6)36-32-34-41-40(45)39(37(3)4)42-38(44)33-30-28-26-24-16-14-12-10-8-2/h37,39H,7-36H2,1-6H3,(H-,41,42,44,45)/p+1/t39-/m0/s1. The van der Waals surface area contributed by atoms with Crippen molar-refractivity contribution >= 4 is 11.8 Å². The zero-order chi connectivity index (χ0) is 33.4. The number of carbonyl (C=O) groups excluding carboxylic acids is 2. The minimum Gasteiger partial charge on any atom is -0.354 e. The van der Waals surface area contributed by atoms with Gasteiger partial charge in [0.25, 0.3) is 0 Å². The predicted molar refractivity (Wildman–Crippen MR) is 198 cm³/mol. The average Bonchev–Trinajstić information content (AvgIpc) is 3.00. The van der Waals surface area contributed by atoms with Crippen LogP contribution in [-0.2, 0) is 9.59 Å². The highest BCUT2D eigenvalue weighted by molar-refractivity contribution is 5.87. The second-order valence-electron chi connectivity index (χ2n) is 15.2. The Hall–Kier alpha value is -1.10. The fourth-order valence-corrected chi connectivity index (χ4v) is 6.41. The van der Waals surface area contributed by atoms with E-state index in [9.17, 15) is 9.59 Å². The smallest absolute Gasteiger partial charge is 0.242 e. The van der Waals surface area contributed by atoms with Gasteiger partial charge in [-0.1, -0.05) is 169 Å². The first-order chi connectivity index (χ1) is 21.7. The maximum Gasteiger partial charge on any atom is 0.242 e. The molecular formula is C40H82N3O2+. The first-order valence-electron chi connectivity index (χ1n) is 20.1. The van der Waals surface area contributed by atoms with Gasteiger partial charge in [0.05, 0.1) is 27.2 Å². The van der Waals surface area contributed by atoms with Gasteiger partial charge in [-0.2, -0.15) is 0 Å². The van der Waals surface area contributed by atoms with Gasteiger partial charge in [0, 0.05) is 19.4 Å². The lowest BCUT2D eigenvalue weighted by Crippen LogP contribution is -2.50. The van der Waals surface area contributed by atoms with Crippen LogP contribution in [0.2, 0.25) is 0 Å². The van der Waals surface area contributed by atoms with Gasteiger partial charge in [-0.05, 0) is 25.2 Å². The molecule has 45 heavy (non-hydrogen) atoms. The molecule has 2 N–H and O–H groups in total. The Labute approximate surface area is 282 Å². The molecule has 0 heterocycles. The van der Waals surface area contributed by atoms with Gasteiger partial charge in [-0.3, -0.25) is 9.59 Å². The number of nitrogens with zero attached hydrogens (tertiary/aromatic N) is 1. The monoisotopic (exact) mass is 637 g/mol. The van der Waals surface area contributed by atoms with Crippen LogP contribution in [0.15, 0.2) is 0 Å². The lowest BCUT2D eigenvalue weighted by molar-refractivity contribution is -0.890. The lowest BCUT2D eigenvalue weighted by Gasteiger charge is -2.30. The van der Waals surface area contributed by atoms with Crippen LogP contribution in [0.3, 0.4) is 0 Å². The van der Waals surface area contributed by atoms with Gasteiger partial charge in [-0.25, -0.2) is 0 Å². The van der Waals surface area contributed by atoms with E-state index >= 15 is 0 Å². The van der Waals surface area contributed by atoms with E-state index in [4.69, 9.17) is 0 Å². The van der Waals surface area contributed by atoms with E-state index in [1.165, 1.54) is 154 Å². The molecule has 5 nitrogen and oxygen atoms in total. The first-order valence-corrected chi connectivity index (χ1v) is 20.1. The molecule has 0 fully saturated rings. The van der Waals surface area contributed by atoms with E-state index in [0.717, 1.165) is 30.3 Å². The van der Waals surface area contributed by atoms with Crippen molar-refractivity contribution in [2.24, 2.45) is 5.92 Å². The van der Waals surface area contributed by atoms with Crippen LogP contribution in [0.4, 0.5) is 0 Å². The molecule has 0 rings (SSSR count). The van der Waals surface area contributed by atoms with Crippen LogP contribution in [0.5, 0.6) is 0 Å². The Morgan fingerprint density at radius 1 is 0.511 bits per heavy atom. The summed E-state index contributed by atoms with van der Waals surface area (Å²) in [7, 11) is 4.63. The van der Waals surface area contributed by atoms with Crippen LogP contribution in [0.25, 0.3) is 0 Å². The van der Waals surface area contributed by atoms with Crippen LogP contribution in [0, 0.1) is 5.92 Å². The Bertz CT molecular complexity index is 664. The topological polar surface area (TPSA) is 58.2 Å². The number of quaternary nitrogens is 1. The zero-order valence-corrected chi connectivity index (χ0v) is 31.6. The van der Waals surface area contributed by atoms with Crippen molar-refractivity contribution in [1.82, 2.24) is 10.6 Å². The maximum absolute atomic E-state index is 12.9. The summed E-state index contributed by atoms with van der Waals surface area (Å²) < 4.78 is 1.01. The highest BCUT2D eigenvalue weighted by Gasteiger charge is 2.24. The van der Waals surface area contributed by atoms with Crippen molar-refractivity contribution in [3.8, 4) is 0 Å². The minimum atomic E-state index is -0.441. The molecule has 0 aromatic heterocycles. The third-order valence-corrected chi connectivity index (χ3v) is 9.63. The number of carbonyl (C=O) groups is 2. The zero-order valence-electron chi connectivity index (χ0n) is 31.6. The number of hydrogen-bond acceptors (Lipinski definition) is 2. The molecule has 0 saturated heterocycles. The molecule has 0 aliphatic heterocycles.